The highest BCUT2D eigenvalue weighted by atomic mass is 16.1. The Morgan fingerprint density at radius 2 is 2.00 bits per heavy atom. The van der Waals surface area contributed by atoms with Crippen LogP contribution in [-0.2, 0) is 6.54 Å². The second-order valence-corrected chi connectivity index (χ2v) is 5.88. The first-order valence-corrected chi connectivity index (χ1v) is 7.62. The number of nitrogens with zero attached hydrogens (tertiary/aromatic N) is 3. The number of benzene rings is 2. The van der Waals surface area contributed by atoms with E-state index in [0.29, 0.717) is 23.1 Å². The van der Waals surface area contributed by atoms with Crippen molar-refractivity contribution in [1.82, 2.24) is 14.5 Å². The number of nitriles is 1. The lowest BCUT2D eigenvalue weighted by atomic mass is 10.1. The molecule has 0 aliphatic heterocycles. The van der Waals surface area contributed by atoms with Gasteiger partial charge in [-0.2, -0.15) is 5.26 Å². The van der Waals surface area contributed by atoms with Crippen molar-refractivity contribution in [3.63, 3.8) is 0 Å². The van der Waals surface area contributed by atoms with Gasteiger partial charge in [-0.1, -0.05) is 23.8 Å². The number of H-pyrrole nitrogens is 1. The Morgan fingerprint density at radius 3 is 2.75 bits per heavy atom. The maximum absolute atomic E-state index is 12.7. The highest BCUT2D eigenvalue weighted by Crippen LogP contribution is 2.22. The zero-order chi connectivity index (χ0) is 16.7. The molecule has 1 N–H and O–H groups in total. The maximum Gasteiger partial charge on any atom is 0.277 e. The van der Waals surface area contributed by atoms with Crippen LogP contribution in [0.5, 0.6) is 0 Å². The molecule has 116 valence electrons. The smallest absolute Gasteiger partial charge is 0.277 e. The Balaban J connectivity index is 1.82. The van der Waals surface area contributed by atoms with Gasteiger partial charge >= 0.3 is 0 Å². The first-order chi connectivity index (χ1) is 11.7. The number of hydrogen-bond donors (Lipinski definition) is 1. The van der Waals surface area contributed by atoms with Gasteiger partial charge in [-0.25, -0.2) is 4.98 Å². The van der Waals surface area contributed by atoms with E-state index in [2.05, 4.69) is 16.0 Å². The molecule has 0 atom stereocenters. The van der Waals surface area contributed by atoms with E-state index in [1.165, 1.54) is 0 Å². The van der Waals surface area contributed by atoms with E-state index in [0.717, 1.165) is 22.0 Å². The predicted molar refractivity (Wildman–Crippen MR) is 92.9 cm³/mol. The van der Waals surface area contributed by atoms with Crippen molar-refractivity contribution in [1.29, 1.82) is 5.26 Å². The van der Waals surface area contributed by atoms with Gasteiger partial charge in [-0.05, 0) is 36.8 Å². The summed E-state index contributed by atoms with van der Waals surface area (Å²) >= 11 is 0. The van der Waals surface area contributed by atoms with Crippen molar-refractivity contribution in [3.8, 4) is 6.07 Å². The normalized spacial score (nSPS) is 11.0. The largest absolute Gasteiger partial charge is 0.349 e. The van der Waals surface area contributed by atoms with Crippen molar-refractivity contribution in [3.05, 3.63) is 75.8 Å². The van der Waals surface area contributed by atoms with Crippen LogP contribution in [0.15, 0.2) is 53.6 Å². The van der Waals surface area contributed by atoms with Gasteiger partial charge < -0.3 is 4.98 Å². The maximum atomic E-state index is 12.7. The van der Waals surface area contributed by atoms with Crippen molar-refractivity contribution in [2.45, 2.75) is 13.5 Å². The summed E-state index contributed by atoms with van der Waals surface area (Å²) < 4.78 is 1.58. The minimum Gasteiger partial charge on any atom is -0.349 e. The lowest BCUT2D eigenvalue weighted by Crippen LogP contribution is -2.21. The molecule has 0 aliphatic rings. The van der Waals surface area contributed by atoms with Crippen LogP contribution in [0.4, 0.5) is 0 Å². The third-order valence-corrected chi connectivity index (χ3v) is 4.16. The third-order valence-electron chi connectivity index (χ3n) is 4.16. The monoisotopic (exact) mass is 314 g/mol. The van der Waals surface area contributed by atoms with E-state index < -0.39 is 0 Å². The molecular formula is C19H14N4O. The molecule has 0 aliphatic carbocycles. The van der Waals surface area contributed by atoms with Gasteiger partial charge in [0.2, 0.25) is 0 Å². The fourth-order valence-electron chi connectivity index (χ4n) is 2.90. The molecule has 0 saturated heterocycles. The second kappa shape index (κ2) is 5.36. The molecule has 2 heterocycles. The molecular weight excluding hydrogens is 300 g/mol. The van der Waals surface area contributed by atoms with E-state index in [1.807, 2.05) is 37.3 Å². The first kappa shape index (κ1) is 14.2. The number of fused-ring (bicyclic) bond motifs is 3. The third kappa shape index (κ3) is 2.25. The zero-order valence-corrected chi connectivity index (χ0v) is 13.1. The average molecular weight is 314 g/mol. The molecule has 2 aromatic heterocycles. The van der Waals surface area contributed by atoms with Gasteiger partial charge in [-0.3, -0.25) is 9.36 Å². The van der Waals surface area contributed by atoms with E-state index in [9.17, 15) is 4.79 Å². The average Bonchev–Trinajstić information content (AvgIpc) is 2.97. The molecule has 4 rings (SSSR count). The number of aryl methyl sites for hydroxylation is 1. The molecule has 0 amide bonds. The Kier molecular flexibility index (Phi) is 3.17. The van der Waals surface area contributed by atoms with Crippen LogP contribution in [0.2, 0.25) is 0 Å². The summed E-state index contributed by atoms with van der Waals surface area (Å²) in [5.74, 6) is 0. The number of hydrogen-bond acceptors (Lipinski definition) is 3. The standard InChI is InChI=1S/C19H14N4O/c1-12-2-7-16-15(8-12)17-18(22-16)19(24)23(11-21-17)10-14-5-3-13(9-20)4-6-14/h2-8,11,22H,10H2,1H3. The van der Waals surface area contributed by atoms with Crippen LogP contribution in [0.25, 0.3) is 21.9 Å². The Labute approximate surface area is 137 Å². The molecule has 0 spiro atoms. The Hall–Kier alpha value is -3.39. The van der Waals surface area contributed by atoms with Gasteiger partial charge in [0.25, 0.3) is 5.56 Å². The van der Waals surface area contributed by atoms with Crippen molar-refractivity contribution in [2.75, 3.05) is 0 Å². The molecule has 5 heteroatoms. The summed E-state index contributed by atoms with van der Waals surface area (Å²) in [5.41, 5.74) is 4.72. The minimum atomic E-state index is -0.0989. The van der Waals surface area contributed by atoms with Gasteiger partial charge in [0.1, 0.15) is 11.0 Å². The second-order valence-electron chi connectivity index (χ2n) is 5.88. The summed E-state index contributed by atoms with van der Waals surface area (Å²) in [6.45, 7) is 2.44. The zero-order valence-electron chi connectivity index (χ0n) is 13.1. The topological polar surface area (TPSA) is 74.5 Å². The van der Waals surface area contributed by atoms with Crippen LogP contribution in [-0.4, -0.2) is 14.5 Å². The number of nitrogens with one attached hydrogen (secondary N) is 1. The van der Waals surface area contributed by atoms with Gasteiger partial charge in [0, 0.05) is 10.9 Å². The Bertz CT molecular complexity index is 1160. The van der Waals surface area contributed by atoms with Crippen molar-refractivity contribution < 1.29 is 0 Å². The molecule has 0 fully saturated rings. The van der Waals surface area contributed by atoms with E-state index in [4.69, 9.17) is 5.26 Å². The van der Waals surface area contributed by atoms with Crippen molar-refractivity contribution in [2.24, 2.45) is 0 Å². The molecule has 4 aromatic rings. The summed E-state index contributed by atoms with van der Waals surface area (Å²) in [4.78, 5) is 20.4. The number of rotatable bonds is 2. The number of aromatic amines is 1. The van der Waals surface area contributed by atoms with Crippen LogP contribution < -0.4 is 5.56 Å². The summed E-state index contributed by atoms with van der Waals surface area (Å²) in [5, 5.41) is 9.82. The van der Waals surface area contributed by atoms with Crippen LogP contribution in [0, 0.1) is 18.3 Å². The lowest BCUT2D eigenvalue weighted by Gasteiger charge is -2.05. The van der Waals surface area contributed by atoms with E-state index in [-0.39, 0.29) is 5.56 Å². The molecule has 5 nitrogen and oxygen atoms in total. The molecule has 0 radical (unpaired) electrons. The van der Waals surface area contributed by atoms with Crippen molar-refractivity contribution >= 4 is 21.9 Å². The summed E-state index contributed by atoms with van der Waals surface area (Å²) in [6, 6.07) is 15.3. The molecule has 0 unspecified atom stereocenters. The summed E-state index contributed by atoms with van der Waals surface area (Å²) in [7, 11) is 0. The molecule has 0 saturated carbocycles. The lowest BCUT2D eigenvalue weighted by molar-refractivity contribution is 0.747. The van der Waals surface area contributed by atoms with Gasteiger partial charge in [-0.15, -0.1) is 0 Å². The first-order valence-electron chi connectivity index (χ1n) is 7.62. The summed E-state index contributed by atoms with van der Waals surface area (Å²) in [6.07, 6.45) is 1.58. The van der Waals surface area contributed by atoms with Gasteiger partial charge in [0.15, 0.2) is 0 Å². The minimum absolute atomic E-state index is 0.0989. The highest BCUT2D eigenvalue weighted by Gasteiger charge is 2.11. The fraction of sp³-hybridized carbons (Fsp3) is 0.105. The van der Waals surface area contributed by atoms with Gasteiger partial charge in [0.05, 0.1) is 24.5 Å². The molecule has 24 heavy (non-hydrogen) atoms. The van der Waals surface area contributed by atoms with Crippen LogP contribution in [0.3, 0.4) is 0 Å². The van der Waals surface area contributed by atoms with Crippen LogP contribution in [0.1, 0.15) is 16.7 Å². The Morgan fingerprint density at radius 1 is 1.21 bits per heavy atom. The van der Waals surface area contributed by atoms with E-state index >= 15 is 0 Å². The van der Waals surface area contributed by atoms with Crippen LogP contribution >= 0.6 is 0 Å². The SMILES string of the molecule is Cc1ccc2[nH]c3c(=O)n(Cc4ccc(C#N)cc4)cnc3c2c1. The number of aromatic nitrogens is 3. The fourth-order valence-corrected chi connectivity index (χ4v) is 2.90. The molecule has 0 bridgehead atoms. The molecule has 2 aromatic carbocycles. The quantitative estimate of drug-likeness (QED) is 0.618. The highest BCUT2D eigenvalue weighted by molar-refractivity contribution is 6.04. The van der Waals surface area contributed by atoms with E-state index in [1.54, 1.807) is 23.0 Å². The predicted octanol–water partition coefficient (Wildman–Crippen LogP) is 3.11.